The molecule has 21 heavy (non-hydrogen) atoms. The zero-order valence-electron chi connectivity index (χ0n) is 15.3. The number of ether oxygens (including phenoxy) is 2. The lowest BCUT2D eigenvalue weighted by Gasteiger charge is -2.44. The van der Waals surface area contributed by atoms with E-state index in [-0.39, 0.29) is 17.2 Å². The molecule has 1 aliphatic carbocycles. The molecule has 0 aromatic rings. The fourth-order valence-corrected chi connectivity index (χ4v) is 3.29. The van der Waals surface area contributed by atoms with E-state index in [1.807, 2.05) is 0 Å². The number of hydrogen-bond acceptors (Lipinski definition) is 3. The van der Waals surface area contributed by atoms with Gasteiger partial charge in [-0.1, -0.05) is 13.8 Å². The maximum absolute atomic E-state index is 6.46. The normalized spacial score (nSPS) is 28.9. The molecule has 1 N–H and O–H groups in total. The first kappa shape index (κ1) is 18.9. The van der Waals surface area contributed by atoms with Crippen LogP contribution in [0.25, 0.3) is 0 Å². The lowest BCUT2D eigenvalue weighted by Crippen LogP contribution is -2.52. The van der Waals surface area contributed by atoms with Gasteiger partial charge in [-0.25, -0.2) is 0 Å². The predicted molar refractivity (Wildman–Crippen MR) is 89.7 cm³/mol. The summed E-state index contributed by atoms with van der Waals surface area (Å²) in [5.74, 6) is 1.64. The first-order valence-electron chi connectivity index (χ1n) is 8.59. The number of hydrogen-bond donors (Lipinski definition) is 1. The zero-order valence-corrected chi connectivity index (χ0v) is 15.3. The molecule has 1 rings (SSSR count). The monoisotopic (exact) mass is 299 g/mol. The molecule has 0 heterocycles. The van der Waals surface area contributed by atoms with Crippen molar-refractivity contribution < 1.29 is 9.47 Å². The quantitative estimate of drug-likeness (QED) is 0.770. The molecule has 0 radical (unpaired) electrons. The van der Waals surface area contributed by atoms with E-state index in [1.165, 1.54) is 12.8 Å². The second kappa shape index (κ2) is 7.94. The summed E-state index contributed by atoms with van der Waals surface area (Å²) >= 11 is 0. The smallest absolute Gasteiger partial charge is 0.0811 e. The second-order valence-electron chi connectivity index (χ2n) is 8.25. The van der Waals surface area contributed by atoms with Crippen LogP contribution in [0.1, 0.15) is 67.2 Å². The van der Waals surface area contributed by atoms with Crippen LogP contribution in [0.5, 0.6) is 0 Å². The summed E-state index contributed by atoms with van der Waals surface area (Å²) in [5, 5.41) is 3.66. The molecule has 1 saturated carbocycles. The Morgan fingerprint density at radius 1 is 1.14 bits per heavy atom. The third kappa shape index (κ3) is 6.66. The van der Waals surface area contributed by atoms with E-state index in [0.717, 1.165) is 31.2 Å². The van der Waals surface area contributed by atoms with Crippen molar-refractivity contribution in [2.45, 2.75) is 84.5 Å². The highest BCUT2D eigenvalue weighted by Crippen LogP contribution is 2.38. The molecule has 3 nitrogen and oxygen atoms in total. The molecule has 1 aliphatic rings. The van der Waals surface area contributed by atoms with Crippen molar-refractivity contribution in [3.63, 3.8) is 0 Å². The molecule has 3 heteroatoms. The van der Waals surface area contributed by atoms with Crippen LogP contribution in [0.4, 0.5) is 0 Å². The van der Waals surface area contributed by atoms with Crippen LogP contribution in [0, 0.1) is 11.8 Å². The molecular formula is C18H37NO2. The van der Waals surface area contributed by atoms with Crippen LogP contribution < -0.4 is 5.32 Å². The van der Waals surface area contributed by atoms with E-state index in [1.54, 1.807) is 7.11 Å². The van der Waals surface area contributed by atoms with Crippen molar-refractivity contribution >= 4 is 0 Å². The van der Waals surface area contributed by atoms with Gasteiger partial charge in [-0.05, 0) is 65.2 Å². The Morgan fingerprint density at radius 3 is 2.14 bits per heavy atom. The molecule has 0 aromatic carbocycles. The summed E-state index contributed by atoms with van der Waals surface area (Å²) in [6.07, 6.45) is 5.04. The van der Waals surface area contributed by atoms with Gasteiger partial charge in [-0.2, -0.15) is 0 Å². The summed E-state index contributed by atoms with van der Waals surface area (Å²) in [6.45, 7) is 15.1. The van der Waals surface area contributed by atoms with Gasteiger partial charge in [-0.3, -0.25) is 0 Å². The van der Waals surface area contributed by atoms with E-state index in [0.29, 0.717) is 6.61 Å². The SMILES string of the molecule is COCC(C)OC1(CNC(C)(C)C)CCC(C(C)C)CC1. The topological polar surface area (TPSA) is 30.5 Å². The molecule has 0 spiro atoms. The van der Waals surface area contributed by atoms with E-state index in [9.17, 15) is 0 Å². The number of nitrogens with one attached hydrogen (secondary N) is 1. The van der Waals surface area contributed by atoms with Crippen LogP contribution in [-0.4, -0.2) is 37.5 Å². The predicted octanol–water partition coefficient (Wildman–Crippen LogP) is 4.01. The Bertz CT molecular complexity index is 288. The van der Waals surface area contributed by atoms with E-state index in [2.05, 4.69) is 46.9 Å². The van der Waals surface area contributed by atoms with Crippen molar-refractivity contribution in [1.29, 1.82) is 0 Å². The Kier molecular flexibility index (Phi) is 7.15. The largest absolute Gasteiger partial charge is 0.382 e. The van der Waals surface area contributed by atoms with Gasteiger partial charge in [0.2, 0.25) is 0 Å². The van der Waals surface area contributed by atoms with Crippen molar-refractivity contribution in [2.75, 3.05) is 20.3 Å². The minimum atomic E-state index is -0.0172. The minimum absolute atomic E-state index is 0.0172. The van der Waals surface area contributed by atoms with Gasteiger partial charge < -0.3 is 14.8 Å². The highest BCUT2D eigenvalue weighted by Gasteiger charge is 2.38. The summed E-state index contributed by atoms with van der Waals surface area (Å²) in [7, 11) is 1.75. The van der Waals surface area contributed by atoms with Gasteiger partial charge in [0.25, 0.3) is 0 Å². The van der Waals surface area contributed by atoms with Crippen molar-refractivity contribution in [3.8, 4) is 0 Å². The standard InChI is InChI=1S/C18H37NO2/c1-14(2)16-8-10-18(11-9-16,13-19-17(4,5)6)21-15(3)12-20-7/h14-16,19H,8-13H2,1-7H3. The summed E-state index contributed by atoms with van der Waals surface area (Å²) in [4.78, 5) is 0. The van der Waals surface area contributed by atoms with Crippen molar-refractivity contribution in [3.05, 3.63) is 0 Å². The van der Waals surface area contributed by atoms with Gasteiger partial charge in [0.1, 0.15) is 0 Å². The number of rotatable bonds is 7. The molecule has 0 aromatic heterocycles. The summed E-state index contributed by atoms with van der Waals surface area (Å²) < 4.78 is 11.7. The molecule has 0 saturated heterocycles. The Labute approximate surface area is 132 Å². The number of methoxy groups -OCH3 is 1. The third-order valence-corrected chi connectivity index (χ3v) is 4.68. The molecule has 0 aliphatic heterocycles. The summed E-state index contributed by atoms with van der Waals surface area (Å²) in [5.41, 5.74) is 0.117. The molecule has 126 valence electrons. The first-order chi connectivity index (χ1) is 9.67. The highest BCUT2D eigenvalue weighted by atomic mass is 16.5. The average Bonchev–Trinajstić information content (AvgIpc) is 2.36. The molecule has 1 unspecified atom stereocenters. The Morgan fingerprint density at radius 2 is 1.71 bits per heavy atom. The Hall–Kier alpha value is -0.120. The van der Waals surface area contributed by atoms with Gasteiger partial charge in [0.05, 0.1) is 18.3 Å². The summed E-state index contributed by atoms with van der Waals surface area (Å²) in [6, 6.07) is 0. The second-order valence-corrected chi connectivity index (χ2v) is 8.25. The molecule has 1 atom stereocenters. The highest BCUT2D eigenvalue weighted by molar-refractivity contribution is 4.92. The Balaban J connectivity index is 2.67. The fourth-order valence-electron chi connectivity index (χ4n) is 3.29. The van der Waals surface area contributed by atoms with Crippen LogP contribution in [0.15, 0.2) is 0 Å². The molecule has 1 fully saturated rings. The van der Waals surface area contributed by atoms with Crippen LogP contribution in [-0.2, 0) is 9.47 Å². The van der Waals surface area contributed by atoms with E-state index in [4.69, 9.17) is 9.47 Å². The molecular weight excluding hydrogens is 262 g/mol. The van der Waals surface area contributed by atoms with Gasteiger partial charge in [0, 0.05) is 19.2 Å². The maximum Gasteiger partial charge on any atom is 0.0811 e. The van der Waals surface area contributed by atoms with Gasteiger partial charge in [-0.15, -0.1) is 0 Å². The van der Waals surface area contributed by atoms with Crippen LogP contribution in [0.3, 0.4) is 0 Å². The van der Waals surface area contributed by atoms with Crippen LogP contribution in [0.2, 0.25) is 0 Å². The van der Waals surface area contributed by atoms with Gasteiger partial charge in [0.15, 0.2) is 0 Å². The van der Waals surface area contributed by atoms with Gasteiger partial charge >= 0.3 is 0 Å². The lowest BCUT2D eigenvalue weighted by molar-refractivity contribution is -0.131. The third-order valence-electron chi connectivity index (χ3n) is 4.68. The van der Waals surface area contributed by atoms with E-state index < -0.39 is 0 Å². The minimum Gasteiger partial charge on any atom is -0.382 e. The van der Waals surface area contributed by atoms with Crippen molar-refractivity contribution in [2.24, 2.45) is 11.8 Å². The molecule has 0 amide bonds. The van der Waals surface area contributed by atoms with Crippen molar-refractivity contribution in [1.82, 2.24) is 5.32 Å². The fraction of sp³-hybridized carbons (Fsp3) is 1.00. The van der Waals surface area contributed by atoms with Crippen LogP contribution >= 0.6 is 0 Å². The first-order valence-corrected chi connectivity index (χ1v) is 8.59. The van der Waals surface area contributed by atoms with E-state index >= 15 is 0 Å². The lowest BCUT2D eigenvalue weighted by atomic mass is 9.74. The average molecular weight is 299 g/mol. The zero-order chi connectivity index (χ0) is 16.1. The molecule has 0 bridgehead atoms. The maximum atomic E-state index is 6.46.